The molecule has 0 aromatic heterocycles. The van der Waals surface area contributed by atoms with E-state index in [0.29, 0.717) is 0 Å². The summed E-state index contributed by atoms with van der Waals surface area (Å²) in [5, 5.41) is 4.42. The van der Waals surface area contributed by atoms with Crippen LogP contribution in [0, 0.1) is 5.92 Å². The quantitative estimate of drug-likeness (QED) is 0.699. The van der Waals surface area contributed by atoms with Gasteiger partial charge in [-0.1, -0.05) is 6.92 Å². The van der Waals surface area contributed by atoms with Crippen molar-refractivity contribution in [2.24, 2.45) is 5.92 Å². The van der Waals surface area contributed by atoms with Crippen LogP contribution in [-0.2, 0) is 4.74 Å². The van der Waals surface area contributed by atoms with Crippen LogP contribution in [-0.4, -0.2) is 50.3 Å². The van der Waals surface area contributed by atoms with Gasteiger partial charge >= 0.3 is 0 Å². The molecule has 3 nitrogen and oxygen atoms in total. The summed E-state index contributed by atoms with van der Waals surface area (Å²) in [5.74, 6) is 0.863. The SMILES string of the molecule is CCC(C1CCOCC1)N1CC[N]CC1. The maximum absolute atomic E-state index is 5.44. The Morgan fingerprint density at radius 2 is 1.93 bits per heavy atom. The maximum atomic E-state index is 5.44. The minimum absolute atomic E-state index is 0.782. The Hall–Kier alpha value is -0.120. The summed E-state index contributed by atoms with van der Waals surface area (Å²) in [6.07, 6.45) is 3.79. The Kier molecular flexibility index (Phi) is 4.42. The van der Waals surface area contributed by atoms with Gasteiger partial charge in [0.2, 0.25) is 0 Å². The fourth-order valence-electron chi connectivity index (χ4n) is 2.94. The minimum atomic E-state index is 0.782. The van der Waals surface area contributed by atoms with Gasteiger partial charge < -0.3 is 4.74 Å². The molecule has 1 atom stereocenters. The molecule has 0 amide bonds. The van der Waals surface area contributed by atoms with Crippen molar-refractivity contribution < 1.29 is 4.74 Å². The molecule has 2 rings (SSSR count). The van der Waals surface area contributed by atoms with E-state index in [-0.39, 0.29) is 0 Å². The van der Waals surface area contributed by atoms with Crippen molar-refractivity contribution in [3.8, 4) is 0 Å². The van der Waals surface area contributed by atoms with Crippen LogP contribution in [0.15, 0.2) is 0 Å². The third-order valence-electron chi connectivity index (χ3n) is 3.79. The third kappa shape index (κ3) is 2.92. The summed E-state index contributed by atoms with van der Waals surface area (Å²) in [5.41, 5.74) is 0. The second-order valence-electron chi connectivity index (χ2n) is 4.63. The van der Waals surface area contributed by atoms with E-state index in [1.165, 1.54) is 32.4 Å². The van der Waals surface area contributed by atoms with Gasteiger partial charge in [-0.2, -0.15) is 0 Å². The van der Waals surface area contributed by atoms with Crippen LogP contribution in [0.5, 0.6) is 0 Å². The zero-order chi connectivity index (χ0) is 10.5. The van der Waals surface area contributed by atoms with Gasteiger partial charge in [0.05, 0.1) is 0 Å². The average molecular weight is 211 g/mol. The van der Waals surface area contributed by atoms with Gasteiger partial charge in [0.15, 0.2) is 0 Å². The van der Waals surface area contributed by atoms with Crippen LogP contribution in [0.3, 0.4) is 0 Å². The van der Waals surface area contributed by atoms with Crippen LogP contribution in [0.25, 0.3) is 0 Å². The van der Waals surface area contributed by atoms with E-state index in [2.05, 4.69) is 17.1 Å². The highest BCUT2D eigenvalue weighted by Crippen LogP contribution is 2.25. The van der Waals surface area contributed by atoms with Gasteiger partial charge in [-0.05, 0) is 25.2 Å². The molecule has 2 aliphatic rings. The lowest BCUT2D eigenvalue weighted by Crippen LogP contribution is -2.49. The molecular weight excluding hydrogens is 188 g/mol. The molecule has 0 N–H and O–H groups in total. The number of rotatable bonds is 3. The summed E-state index contributed by atoms with van der Waals surface area (Å²) in [7, 11) is 0. The zero-order valence-electron chi connectivity index (χ0n) is 9.82. The van der Waals surface area contributed by atoms with Crippen LogP contribution in [0.1, 0.15) is 26.2 Å². The van der Waals surface area contributed by atoms with E-state index in [4.69, 9.17) is 4.74 Å². The molecule has 0 spiro atoms. The molecule has 87 valence electrons. The van der Waals surface area contributed by atoms with Crippen LogP contribution >= 0.6 is 0 Å². The van der Waals surface area contributed by atoms with Crippen LogP contribution in [0.4, 0.5) is 0 Å². The molecule has 2 fully saturated rings. The highest BCUT2D eigenvalue weighted by Gasteiger charge is 2.28. The maximum Gasteiger partial charge on any atom is 0.0469 e. The summed E-state index contributed by atoms with van der Waals surface area (Å²) >= 11 is 0. The van der Waals surface area contributed by atoms with Crippen molar-refractivity contribution in [1.29, 1.82) is 0 Å². The predicted molar refractivity (Wildman–Crippen MR) is 61.1 cm³/mol. The van der Waals surface area contributed by atoms with Gasteiger partial charge in [0.1, 0.15) is 0 Å². The summed E-state index contributed by atoms with van der Waals surface area (Å²) in [6.45, 7) is 8.70. The molecular formula is C12H23N2O. The van der Waals surface area contributed by atoms with Crippen molar-refractivity contribution in [1.82, 2.24) is 10.2 Å². The molecule has 0 saturated carbocycles. The van der Waals surface area contributed by atoms with Crippen LogP contribution < -0.4 is 5.32 Å². The number of hydrogen-bond acceptors (Lipinski definition) is 2. The lowest BCUT2D eigenvalue weighted by atomic mass is 9.88. The Bertz CT molecular complexity index is 156. The molecule has 0 aromatic carbocycles. The van der Waals surface area contributed by atoms with Gasteiger partial charge in [0, 0.05) is 45.4 Å². The van der Waals surface area contributed by atoms with Gasteiger partial charge in [-0.3, -0.25) is 4.90 Å². The van der Waals surface area contributed by atoms with Crippen molar-refractivity contribution in [2.75, 3.05) is 39.4 Å². The highest BCUT2D eigenvalue weighted by atomic mass is 16.5. The molecule has 1 radical (unpaired) electrons. The first-order chi connectivity index (χ1) is 7.42. The minimum Gasteiger partial charge on any atom is -0.381 e. The first-order valence-electron chi connectivity index (χ1n) is 6.37. The van der Waals surface area contributed by atoms with Gasteiger partial charge in [-0.25, -0.2) is 5.32 Å². The first kappa shape index (κ1) is 11.4. The predicted octanol–water partition coefficient (Wildman–Crippen LogP) is 1.11. The Morgan fingerprint density at radius 1 is 1.27 bits per heavy atom. The topological polar surface area (TPSA) is 26.6 Å². The molecule has 15 heavy (non-hydrogen) atoms. The average Bonchev–Trinajstić information content (AvgIpc) is 2.33. The number of ether oxygens (including phenoxy) is 1. The molecule has 1 unspecified atom stereocenters. The van der Waals surface area contributed by atoms with E-state index >= 15 is 0 Å². The highest BCUT2D eigenvalue weighted by molar-refractivity contribution is 4.82. The smallest absolute Gasteiger partial charge is 0.0469 e. The lowest BCUT2D eigenvalue weighted by Gasteiger charge is -2.40. The second kappa shape index (κ2) is 5.83. The fraction of sp³-hybridized carbons (Fsp3) is 1.00. The van der Waals surface area contributed by atoms with Crippen LogP contribution in [0.2, 0.25) is 0 Å². The molecule has 0 bridgehead atoms. The van der Waals surface area contributed by atoms with Crippen molar-refractivity contribution in [3.05, 3.63) is 0 Å². The number of hydrogen-bond donors (Lipinski definition) is 0. The Labute approximate surface area is 93.2 Å². The van der Waals surface area contributed by atoms with Crippen molar-refractivity contribution in [3.63, 3.8) is 0 Å². The van der Waals surface area contributed by atoms with E-state index < -0.39 is 0 Å². The molecule has 3 heteroatoms. The van der Waals surface area contributed by atoms with E-state index in [0.717, 1.165) is 38.3 Å². The molecule has 2 saturated heterocycles. The monoisotopic (exact) mass is 211 g/mol. The van der Waals surface area contributed by atoms with Crippen molar-refractivity contribution >= 4 is 0 Å². The van der Waals surface area contributed by atoms with E-state index in [1.54, 1.807) is 0 Å². The largest absolute Gasteiger partial charge is 0.381 e. The van der Waals surface area contributed by atoms with E-state index in [9.17, 15) is 0 Å². The summed E-state index contributed by atoms with van der Waals surface area (Å²) in [6, 6.07) is 0.782. The fourth-order valence-corrected chi connectivity index (χ4v) is 2.94. The third-order valence-corrected chi connectivity index (χ3v) is 3.79. The standard InChI is InChI=1S/C12H23N2O/c1-2-12(11-3-9-15-10-4-11)14-7-5-13-6-8-14/h11-12H,2-10H2,1H3. The lowest BCUT2D eigenvalue weighted by molar-refractivity contribution is 0.0206. The number of nitrogens with zero attached hydrogens (tertiary/aromatic N) is 2. The summed E-state index contributed by atoms with van der Waals surface area (Å²) < 4.78 is 5.44. The molecule has 0 aromatic rings. The molecule has 0 aliphatic carbocycles. The van der Waals surface area contributed by atoms with E-state index in [1.807, 2.05) is 0 Å². The molecule has 2 heterocycles. The first-order valence-corrected chi connectivity index (χ1v) is 6.37. The zero-order valence-corrected chi connectivity index (χ0v) is 9.82. The second-order valence-corrected chi connectivity index (χ2v) is 4.63. The number of piperazine rings is 1. The normalized spacial score (nSPS) is 27.8. The van der Waals surface area contributed by atoms with Crippen molar-refractivity contribution in [2.45, 2.75) is 32.2 Å². The Balaban J connectivity index is 1.88. The van der Waals surface area contributed by atoms with Gasteiger partial charge in [-0.15, -0.1) is 0 Å². The summed E-state index contributed by atoms with van der Waals surface area (Å²) in [4.78, 5) is 2.66. The van der Waals surface area contributed by atoms with Gasteiger partial charge in [0.25, 0.3) is 0 Å². The Morgan fingerprint density at radius 3 is 2.53 bits per heavy atom. The molecule has 2 aliphatic heterocycles.